The van der Waals surface area contributed by atoms with Crippen LogP contribution < -0.4 is 5.32 Å². The predicted molar refractivity (Wildman–Crippen MR) is 66.7 cm³/mol. The summed E-state index contributed by atoms with van der Waals surface area (Å²) < 4.78 is 5.87. The van der Waals surface area contributed by atoms with Gasteiger partial charge in [0.25, 0.3) is 0 Å². The molecule has 0 spiro atoms. The number of aromatic nitrogens is 2. The fourth-order valence-corrected chi connectivity index (χ4v) is 2.26. The number of hydrogen-bond donors (Lipinski definition) is 1. The summed E-state index contributed by atoms with van der Waals surface area (Å²) in [6.07, 6.45) is 10.3. The molecule has 4 heteroatoms. The third kappa shape index (κ3) is 3.48. The molecule has 94 valence electrons. The second kappa shape index (κ2) is 6.67. The van der Waals surface area contributed by atoms with Gasteiger partial charge in [0.05, 0.1) is 12.1 Å². The van der Waals surface area contributed by atoms with Crippen molar-refractivity contribution in [3.8, 4) is 0 Å². The minimum Gasteiger partial charge on any atom is -0.376 e. The van der Waals surface area contributed by atoms with E-state index >= 15 is 0 Å². The van der Waals surface area contributed by atoms with Gasteiger partial charge in [-0.1, -0.05) is 6.92 Å². The van der Waals surface area contributed by atoms with Crippen molar-refractivity contribution < 1.29 is 4.74 Å². The second-order valence-electron chi connectivity index (χ2n) is 4.51. The minimum atomic E-state index is 0.233. The number of nitrogens with zero attached hydrogens (tertiary/aromatic N) is 2. The van der Waals surface area contributed by atoms with Crippen LogP contribution in [0, 0.1) is 0 Å². The predicted octanol–water partition coefficient (Wildman–Crippen LogP) is 2.09. The molecule has 0 aliphatic carbocycles. The van der Waals surface area contributed by atoms with E-state index in [-0.39, 0.29) is 12.1 Å². The van der Waals surface area contributed by atoms with Crippen molar-refractivity contribution in [2.75, 3.05) is 13.2 Å². The maximum atomic E-state index is 5.87. The summed E-state index contributed by atoms with van der Waals surface area (Å²) in [6.45, 7) is 4.05. The van der Waals surface area contributed by atoms with Crippen molar-refractivity contribution in [3.05, 3.63) is 24.3 Å². The molecule has 4 nitrogen and oxygen atoms in total. The van der Waals surface area contributed by atoms with Crippen LogP contribution in [0.3, 0.4) is 0 Å². The summed E-state index contributed by atoms with van der Waals surface area (Å²) in [5, 5.41) is 3.55. The molecule has 17 heavy (non-hydrogen) atoms. The van der Waals surface area contributed by atoms with Crippen LogP contribution in [0.2, 0.25) is 0 Å². The Bertz CT molecular complexity index is 312. The van der Waals surface area contributed by atoms with Gasteiger partial charge in [-0.2, -0.15) is 0 Å². The fraction of sp³-hybridized carbons (Fsp3) is 0.692. The van der Waals surface area contributed by atoms with Gasteiger partial charge in [-0.15, -0.1) is 0 Å². The Hall–Kier alpha value is -1.00. The van der Waals surface area contributed by atoms with E-state index in [9.17, 15) is 0 Å². The molecule has 1 fully saturated rings. The van der Waals surface area contributed by atoms with Gasteiger partial charge in [0.2, 0.25) is 0 Å². The van der Waals surface area contributed by atoms with E-state index in [1.54, 1.807) is 6.33 Å². The number of hydrogen-bond acceptors (Lipinski definition) is 4. The lowest BCUT2D eigenvalue weighted by Gasteiger charge is -2.31. The molecule has 0 radical (unpaired) electrons. The van der Waals surface area contributed by atoms with Crippen molar-refractivity contribution in [2.24, 2.45) is 0 Å². The van der Waals surface area contributed by atoms with E-state index in [2.05, 4.69) is 22.2 Å². The van der Waals surface area contributed by atoms with Crippen LogP contribution in [0.5, 0.6) is 0 Å². The SMILES string of the molecule is CCCNC(c1cncnc1)C1CCCCO1. The molecule has 0 amide bonds. The topological polar surface area (TPSA) is 47.0 Å². The van der Waals surface area contributed by atoms with Gasteiger partial charge in [-0.25, -0.2) is 9.97 Å². The van der Waals surface area contributed by atoms with E-state index < -0.39 is 0 Å². The Morgan fingerprint density at radius 3 is 2.88 bits per heavy atom. The molecule has 2 atom stereocenters. The quantitative estimate of drug-likeness (QED) is 0.849. The Kier molecular flexibility index (Phi) is 4.88. The average molecular weight is 235 g/mol. The molecule has 0 bridgehead atoms. The molecule has 2 rings (SSSR count). The van der Waals surface area contributed by atoms with Gasteiger partial charge < -0.3 is 10.1 Å². The molecular formula is C13H21N3O. The van der Waals surface area contributed by atoms with Gasteiger partial charge in [-0.3, -0.25) is 0 Å². The summed E-state index contributed by atoms with van der Waals surface area (Å²) in [5.74, 6) is 0. The molecule has 0 saturated carbocycles. The molecule has 0 aromatic carbocycles. The lowest BCUT2D eigenvalue weighted by molar-refractivity contribution is -0.00829. The van der Waals surface area contributed by atoms with Crippen LogP contribution in [0.1, 0.15) is 44.2 Å². The second-order valence-corrected chi connectivity index (χ2v) is 4.51. The highest BCUT2D eigenvalue weighted by Gasteiger charge is 2.25. The van der Waals surface area contributed by atoms with Gasteiger partial charge in [-0.05, 0) is 32.2 Å². The standard InChI is InChI=1S/C13H21N3O/c1-2-6-16-13(11-8-14-10-15-9-11)12-5-3-4-7-17-12/h8-10,12-13,16H,2-7H2,1H3. The maximum Gasteiger partial charge on any atom is 0.115 e. The van der Waals surface area contributed by atoms with E-state index in [0.29, 0.717) is 0 Å². The van der Waals surface area contributed by atoms with Crippen LogP contribution in [0.25, 0.3) is 0 Å². The number of ether oxygens (including phenoxy) is 1. The van der Waals surface area contributed by atoms with Crippen LogP contribution in [0.4, 0.5) is 0 Å². The first-order valence-corrected chi connectivity index (χ1v) is 6.51. The zero-order chi connectivity index (χ0) is 11.9. The van der Waals surface area contributed by atoms with Crippen molar-refractivity contribution in [1.82, 2.24) is 15.3 Å². The summed E-state index contributed by atoms with van der Waals surface area (Å²) in [4.78, 5) is 8.20. The normalized spacial score (nSPS) is 22.3. The minimum absolute atomic E-state index is 0.233. The Morgan fingerprint density at radius 1 is 1.41 bits per heavy atom. The average Bonchev–Trinajstić information content (AvgIpc) is 2.42. The Balaban J connectivity index is 2.06. The first-order valence-electron chi connectivity index (χ1n) is 6.51. The van der Waals surface area contributed by atoms with Crippen molar-refractivity contribution in [1.29, 1.82) is 0 Å². The largest absolute Gasteiger partial charge is 0.376 e. The molecule has 1 aliphatic heterocycles. The van der Waals surface area contributed by atoms with Gasteiger partial charge in [0.15, 0.2) is 0 Å². The Morgan fingerprint density at radius 2 is 2.24 bits per heavy atom. The highest BCUT2D eigenvalue weighted by atomic mass is 16.5. The number of nitrogens with one attached hydrogen (secondary N) is 1. The highest BCUT2D eigenvalue weighted by molar-refractivity contribution is 5.11. The smallest absolute Gasteiger partial charge is 0.115 e. The monoisotopic (exact) mass is 235 g/mol. The van der Waals surface area contributed by atoms with Gasteiger partial charge in [0.1, 0.15) is 6.33 Å². The zero-order valence-corrected chi connectivity index (χ0v) is 10.4. The molecule has 1 N–H and O–H groups in total. The van der Waals surface area contributed by atoms with Crippen LogP contribution in [0.15, 0.2) is 18.7 Å². The molecule has 1 aromatic heterocycles. The lowest BCUT2D eigenvalue weighted by atomic mass is 9.97. The van der Waals surface area contributed by atoms with E-state index in [4.69, 9.17) is 4.74 Å². The molecule has 1 aromatic rings. The third-order valence-corrected chi connectivity index (χ3v) is 3.14. The zero-order valence-electron chi connectivity index (χ0n) is 10.4. The van der Waals surface area contributed by atoms with Gasteiger partial charge >= 0.3 is 0 Å². The first kappa shape index (κ1) is 12.5. The summed E-state index contributed by atoms with van der Waals surface area (Å²) in [6, 6.07) is 0.233. The fourth-order valence-electron chi connectivity index (χ4n) is 2.26. The van der Waals surface area contributed by atoms with Crippen molar-refractivity contribution >= 4 is 0 Å². The van der Waals surface area contributed by atoms with Crippen molar-refractivity contribution in [2.45, 2.75) is 44.8 Å². The van der Waals surface area contributed by atoms with Crippen LogP contribution >= 0.6 is 0 Å². The van der Waals surface area contributed by atoms with E-state index in [1.165, 1.54) is 12.8 Å². The van der Waals surface area contributed by atoms with Gasteiger partial charge in [0, 0.05) is 24.6 Å². The summed E-state index contributed by atoms with van der Waals surface area (Å²) >= 11 is 0. The highest BCUT2D eigenvalue weighted by Crippen LogP contribution is 2.25. The third-order valence-electron chi connectivity index (χ3n) is 3.14. The molecule has 2 unspecified atom stereocenters. The van der Waals surface area contributed by atoms with Crippen LogP contribution in [-0.4, -0.2) is 29.2 Å². The molecule has 2 heterocycles. The first-order chi connectivity index (χ1) is 8.42. The van der Waals surface area contributed by atoms with E-state index in [1.807, 2.05) is 12.4 Å². The van der Waals surface area contributed by atoms with Crippen LogP contribution in [-0.2, 0) is 4.74 Å². The van der Waals surface area contributed by atoms with Crippen molar-refractivity contribution in [3.63, 3.8) is 0 Å². The summed E-state index contributed by atoms with van der Waals surface area (Å²) in [7, 11) is 0. The molecule has 1 aliphatic rings. The Labute approximate surface area is 103 Å². The molecule has 1 saturated heterocycles. The number of rotatable bonds is 5. The van der Waals surface area contributed by atoms with E-state index in [0.717, 1.165) is 31.6 Å². The molecular weight excluding hydrogens is 214 g/mol. The summed E-state index contributed by atoms with van der Waals surface area (Å²) in [5.41, 5.74) is 1.13. The lowest BCUT2D eigenvalue weighted by Crippen LogP contribution is -2.36. The maximum absolute atomic E-state index is 5.87.